The Bertz CT molecular complexity index is 1550. The smallest absolute Gasteiger partial charge is 0.326 e. The minimum absolute atomic E-state index is 0.0260. The number of aromatic nitrogens is 2. The normalized spacial score (nSPS) is 13.5. The van der Waals surface area contributed by atoms with Gasteiger partial charge in [-0.3, -0.25) is 14.4 Å². The number of hydrogen-bond acceptors (Lipinski definition) is 7. The van der Waals surface area contributed by atoms with Crippen LogP contribution in [0.4, 0.5) is 0 Å². The Kier molecular flexibility index (Phi) is 11.4. The monoisotopic (exact) mass is 612 g/mol. The molecule has 4 unspecified atom stereocenters. The number of aromatic hydroxyl groups is 1. The Labute approximate surface area is 260 Å². The number of nitrogens with two attached hydrogens (primary N) is 1. The van der Waals surface area contributed by atoms with Crippen molar-refractivity contribution in [2.75, 3.05) is 0 Å². The summed E-state index contributed by atoms with van der Waals surface area (Å²) in [5.74, 6) is -3.17. The minimum Gasteiger partial charge on any atom is -0.508 e. The SMILES string of the molecule is NC(Cc1ccccc1)C(=O)NC(Cc1cnc[nH]1)C(=O)NC(Cc1ccccc1)C(=O)NC(Cc1ccc(O)cc1)C(=O)O. The van der Waals surface area contributed by atoms with Crippen molar-refractivity contribution in [3.05, 3.63) is 120 Å². The maximum atomic E-state index is 13.7. The number of carboxylic acid groups (broad SMARTS) is 1. The summed E-state index contributed by atoms with van der Waals surface area (Å²) in [6.45, 7) is 0. The van der Waals surface area contributed by atoms with Crippen LogP contribution in [0.25, 0.3) is 0 Å². The lowest BCUT2D eigenvalue weighted by atomic mass is 10.0. The molecule has 0 bridgehead atoms. The zero-order valence-electron chi connectivity index (χ0n) is 24.4. The van der Waals surface area contributed by atoms with Gasteiger partial charge in [0.1, 0.15) is 23.9 Å². The minimum atomic E-state index is -1.31. The number of nitrogens with one attached hydrogen (secondary N) is 4. The fourth-order valence-corrected chi connectivity index (χ4v) is 4.74. The highest BCUT2D eigenvalue weighted by atomic mass is 16.4. The van der Waals surface area contributed by atoms with E-state index in [1.165, 1.54) is 24.7 Å². The molecule has 0 fully saturated rings. The summed E-state index contributed by atoms with van der Waals surface area (Å²) in [5.41, 5.74) is 8.91. The molecule has 12 heteroatoms. The summed E-state index contributed by atoms with van der Waals surface area (Å²) in [6, 6.07) is 19.6. The molecule has 0 spiro atoms. The Balaban J connectivity index is 1.52. The summed E-state index contributed by atoms with van der Waals surface area (Å²) in [6.07, 6.45) is 3.26. The molecule has 3 aromatic carbocycles. The number of nitrogens with zero attached hydrogens (tertiary/aromatic N) is 1. The third-order valence-electron chi connectivity index (χ3n) is 7.15. The van der Waals surface area contributed by atoms with E-state index in [0.29, 0.717) is 11.3 Å². The number of phenols is 1. The van der Waals surface area contributed by atoms with Gasteiger partial charge in [-0.15, -0.1) is 0 Å². The second-order valence-electron chi connectivity index (χ2n) is 10.7. The number of carboxylic acids is 1. The van der Waals surface area contributed by atoms with Crippen LogP contribution < -0.4 is 21.7 Å². The van der Waals surface area contributed by atoms with Crippen molar-refractivity contribution >= 4 is 23.7 Å². The number of phenolic OH excluding ortho intramolecular Hbond substituents is 1. The molecule has 0 aliphatic heterocycles. The van der Waals surface area contributed by atoms with Crippen molar-refractivity contribution in [1.82, 2.24) is 25.9 Å². The first-order chi connectivity index (χ1) is 21.7. The number of aliphatic carboxylic acids is 1. The van der Waals surface area contributed by atoms with Crippen molar-refractivity contribution in [1.29, 1.82) is 0 Å². The molecular formula is C33H36N6O6. The van der Waals surface area contributed by atoms with E-state index >= 15 is 0 Å². The number of aromatic amines is 1. The number of H-pyrrole nitrogens is 1. The van der Waals surface area contributed by atoms with Crippen LogP contribution in [0.15, 0.2) is 97.5 Å². The molecule has 0 saturated carbocycles. The lowest BCUT2D eigenvalue weighted by molar-refractivity contribution is -0.142. The van der Waals surface area contributed by atoms with Gasteiger partial charge in [0.2, 0.25) is 17.7 Å². The maximum absolute atomic E-state index is 13.7. The van der Waals surface area contributed by atoms with E-state index in [1.807, 2.05) is 36.4 Å². The highest BCUT2D eigenvalue weighted by Gasteiger charge is 2.31. The van der Waals surface area contributed by atoms with Crippen molar-refractivity contribution in [2.45, 2.75) is 49.9 Å². The Morgan fingerprint density at radius 1 is 0.667 bits per heavy atom. The van der Waals surface area contributed by atoms with E-state index in [0.717, 1.165) is 11.1 Å². The predicted octanol–water partition coefficient (Wildman–Crippen LogP) is 1.25. The molecule has 0 aliphatic rings. The zero-order chi connectivity index (χ0) is 32.2. The standard InChI is InChI=1S/C33H36N6O6/c34-26(15-21-7-3-1-4-8-21)30(41)37-28(18-24-19-35-20-36-24)32(43)38-27(16-22-9-5-2-6-10-22)31(42)39-29(33(44)45)17-23-11-13-25(40)14-12-23/h1-14,19-20,26-29,40H,15-18,34H2,(H,35,36)(H,37,41)(H,38,43)(H,39,42)(H,44,45). The molecule has 12 nitrogen and oxygen atoms in total. The first-order valence-corrected chi connectivity index (χ1v) is 14.4. The molecule has 45 heavy (non-hydrogen) atoms. The molecule has 3 amide bonds. The molecule has 4 rings (SSSR count). The van der Waals surface area contributed by atoms with Gasteiger partial charge in [0.25, 0.3) is 0 Å². The molecule has 234 valence electrons. The number of carbonyl (C=O) groups is 4. The van der Waals surface area contributed by atoms with Crippen LogP contribution in [0.2, 0.25) is 0 Å². The predicted molar refractivity (Wildman–Crippen MR) is 166 cm³/mol. The van der Waals surface area contributed by atoms with Gasteiger partial charge in [0.15, 0.2) is 0 Å². The third kappa shape index (κ3) is 10.0. The molecule has 8 N–H and O–H groups in total. The topological polar surface area (TPSA) is 200 Å². The van der Waals surface area contributed by atoms with Crippen LogP contribution in [0, 0.1) is 0 Å². The van der Waals surface area contributed by atoms with Crippen molar-refractivity contribution < 1.29 is 29.4 Å². The first kappa shape index (κ1) is 32.4. The van der Waals surface area contributed by atoms with Crippen molar-refractivity contribution in [2.24, 2.45) is 5.73 Å². The number of imidazole rings is 1. The fraction of sp³-hybridized carbons (Fsp3) is 0.242. The molecule has 0 saturated heterocycles. The Hall–Kier alpha value is -5.49. The lowest BCUT2D eigenvalue weighted by Crippen LogP contribution is -2.58. The van der Waals surface area contributed by atoms with Crippen molar-refractivity contribution in [3.8, 4) is 5.75 Å². The molecule has 0 aliphatic carbocycles. The van der Waals surface area contributed by atoms with Gasteiger partial charge in [-0.1, -0.05) is 72.8 Å². The number of benzene rings is 3. The molecule has 0 radical (unpaired) electrons. The van der Waals surface area contributed by atoms with Crippen LogP contribution in [0.3, 0.4) is 0 Å². The number of rotatable bonds is 15. The van der Waals surface area contributed by atoms with E-state index in [2.05, 4.69) is 25.9 Å². The van der Waals surface area contributed by atoms with Gasteiger partial charge in [-0.25, -0.2) is 9.78 Å². The van der Waals surface area contributed by atoms with E-state index in [1.54, 1.807) is 36.4 Å². The zero-order valence-corrected chi connectivity index (χ0v) is 24.4. The van der Waals surface area contributed by atoms with Crippen molar-refractivity contribution in [3.63, 3.8) is 0 Å². The maximum Gasteiger partial charge on any atom is 0.326 e. The largest absolute Gasteiger partial charge is 0.508 e. The highest BCUT2D eigenvalue weighted by molar-refractivity contribution is 5.94. The number of hydrogen-bond donors (Lipinski definition) is 7. The van der Waals surface area contributed by atoms with Gasteiger partial charge in [-0.2, -0.15) is 0 Å². The van der Waals surface area contributed by atoms with Crippen LogP contribution >= 0.6 is 0 Å². The summed E-state index contributed by atoms with van der Waals surface area (Å²) in [5, 5.41) is 27.4. The van der Waals surface area contributed by atoms with E-state index < -0.39 is 47.9 Å². The fourth-order valence-electron chi connectivity index (χ4n) is 4.74. The molecule has 4 atom stereocenters. The van der Waals surface area contributed by atoms with Gasteiger partial charge in [-0.05, 0) is 35.2 Å². The Morgan fingerprint density at radius 2 is 1.16 bits per heavy atom. The Morgan fingerprint density at radius 3 is 1.71 bits per heavy atom. The number of amides is 3. The van der Waals surface area contributed by atoms with Crippen LogP contribution in [-0.2, 0) is 44.9 Å². The van der Waals surface area contributed by atoms with Gasteiger partial charge < -0.3 is 36.9 Å². The first-order valence-electron chi connectivity index (χ1n) is 14.4. The quantitative estimate of drug-likeness (QED) is 0.104. The summed E-state index contributed by atoms with van der Waals surface area (Å²) >= 11 is 0. The van der Waals surface area contributed by atoms with Crippen LogP contribution in [0.1, 0.15) is 22.4 Å². The van der Waals surface area contributed by atoms with Gasteiger partial charge in [0.05, 0.1) is 12.4 Å². The van der Waals surface area contributed by atoms with Gasteiger partial charge >= 0.3 is 5.97 Å². The highest BCUT2D eigenvalue weighted by Crippen LogP contribution is 2.12. The van der Waals surface area contributed by atoms with Crippen LogP contribution in [-0.4, -0.2) is 68.0 Å². The average molecular weight is 613 g/mol. The molecular weight excluding hydrogens is 576 g/mol. The van der Waals surface area contributed by atoms with Crippen LogP contribution in [0.5, 0.6) is 5.75 Å². The van der Waals surface area contributed by atoms with E-state index in [4.69, 9.17) is 5.73 Å². The second kappa shape index (κ2) is 15.8. The van der Waals surface area contributed by atoms with E-state index in [9.17, 15) is 29.4 Å². The van der Waals surface area contributed by atoms with E-state index in [-0.39, 0.29) is 31.4 Å². The molecule has 1 aromatic heterocycles. The lowest BCUT2D eigenvalue weighted by Gasteiger charge is -2.25. The number of carbonyl (C=O) groups excluding carboxylic acids is 3. The second-order valence-corrected chi connectivity index (χ2v) is 10.7. The third-order valence-corrected chi connectivity index (χ3v) is 7.15. The average Bonchev–Trinajstić information content (AvgIpc) is 3.55. The molecule has 1 heterocycles. The van der Waals surface area contributed by atoms with Gasteiger partial charge in [0, 0.05) is 31.2 Å². The summed E-state index contributed by atoms with van der Waals surface area (Å²) < 4.78 is 0. The molecule has 4 aromatic rings. The summed E-state index contributed by atoms with van der Waals surface area (Å²) in [7, 11) is 0. The summed E-state index contributed by atoms with van der Waals surface area (Å²) in [4.78, 5) is 59.4.